The van der Waals surface area contributed by atoms with Gasteiger partial charge in [-0.1, -0.05) is 0 Å². The zero-order valence-electron chi connectivity index (χ0n) is 12.0. The van der Waals surface area contributed by atoms with Crippen LogP contribution in [-0.4, -0.2) is 66.4 Å². The summed E-state index contributed by atoms with van der Waals surface area (Å²) in [5.74, 6) is -0.136. The molecule has 21 heavy (non-hydrogen) atoms. The summed E-state index contributed by atoms with van der Waals surface area (Å²) in [5.41, 5.74) is 2.37. The van der Waals surface area contributed by atoms with Gasteiger partial charge in [0.2, 0.25) is 5.91 Å². The van der Waals surface area contributed by atoms with Crippen molar-refractivity contribution in [2.45, 2.75) is 6.92 Å². The zero-order valence-corrected chi connectivity index (χ0v) is 14.4. The molecule has 2 heterocycles. The molecule has 2 amide bonds. The van der Waals surface area contributed by atoms with Gasteiger partial charge in [0.25, 0.3) is 5.91 Å². The summed E-state index contributed by atoms with van der Waals surface area (Å²) in [6.07, 6.45) is 0. The summed E-state index contributed by atoms with van der Waals surface area (Å²) < 4.78 is 0. The quantitative estimate of drug-likeness (QED) is 0.871. The zero-order chi connectivity index (χ0) is 13.8. The summed E-state index contributed by atoms with van der Waals surface area (Å²) in [6.45, 7) is 4.97. The number of halogens is 2. The molecule has 6 nitrogen and oxygen atoms in total. The number of aromatic nitrogens is 1. The number of hydrogen-bond donors (Lipinski definition) is 1. The smallest absolute Gasteiger partial charge is 0.266 e. The van der Waals surface area contributed by atoms with Crippen LogP contribution in [0.5, 0.6) is 0 Å². The van der Waals surface area contributed by atoms with E-state index in [1.54, 1.807) is 24.4 Å². The predicted molar refractivity (Wildman–Crippen MR) is 87.8 cm³/mol. The van der Waals surface area contributed by atoms with Gasteiger partial charge in [0.1, 0.15) is 4.88 Å². The fourth-order valence-electron chi connectivity index (χ4n) is 1.97. The lowest BCUT2D eigenvalue weighted by atomic mass is 10.3. The van der Waals surface area contributed by atoms with Crippen molar-refractivity contribution >= 4 is 48.0 Å². The van der Waals surface area contributed by atoms with Crippen LogP contribution in [0.15, 0.2) is 5.51 Å². The van der Waals surface area contributed by atoms with Crippen LogP contribution in [0.2, 0.25) is 0 Å². The van der Waals surface area contributed by atoms with Crippen molar-refractivity contribution in [3.05, 3.63) is 16.1 Å². The van der Waals surface area contributed by atoms with Crippen molar-refractivity contribution < 1.29 is 9.59 Å². The largest absolute Gasteiger partial charge is 0.339 e. The molecule has 9 heteroatoms. The third-order valence-electron chi connectivity index (χ3n) is 3.13. The molecule has 1 fully saturated rings. The number of nitrogens with zero attached hydrogens (tertiary/aromatic N) is 3. The number of amides is 2. The first-order valence-corrected chi connectivity index (χ1v) is 7.11. The first kappa shape index (κ1) is 20.1. The van der Waals surface area contributed by atoms with E-state index < -0.39 is 0 Å². The molecule has 2 rings (SSSR count). The molecule has 1 aliphatic heterocycles. The maximum atomic E-state index is 12.2. The number of carbonyl (C=O) groups excluding carboxylic acids is 2. The van der Waals surface area contributed by atoms with Gasteiger partial charge in [0, 0.05) is 33.2 Å². The minimum absolute atomic E-state index is 0. The highest BCUT2D eigenvalue weighted by Crippen LogP contribution is 2.14. The summed E-state index contributed by atoms with van der Waals surface area (Å²) in [6, 6.07) is 0. The molecular formula is C12H20Cl2N4O2S. The van der Waals surface area contributed by atoms with Crippen molar-refractivity contribution in [1.29, 1.82) is 0 Å². The predicted octanol–water partition coefficient (Wildman–Crippen LogP) is 0.799. The van der Waals surface area contributed by atoms with E-state index in [4.69, 9.17) is 0 Å². The number of aryl methyl sites for hydroxylation is 1. The maximum Gasteiger partial charge on any atom is 0.266 e. The topological polar surface area (TPSA) is 65.5 Å². The fourth-order valence-corrected chi connectivity index (χ4v) is 2.77. The van der Waals surface area contributed by atoms with E-state index >= 15 is 0 Å². The molecule has 120 valence electrons. The summed E-state index contributed by atoms with van der Waals surface area (Å²) in [5, 5.41) is 3.19. The number of rotatable bonds is 3. The molecule has 0 atom stereocenters. The van der Waals surface area contributed by atoms with Crippen molar-refractivity contribution in [1.82, 2.24) is 20.1 Å². The van der Waals surface area contributed by atoms with Crippen LogP contribution in [0.1, 0.15) is 15.4 Å². The van der Waals surface area contributed by atoms with Crippen LogP contribution >= 0.6 is 36.2 Å². The average molecular weight is 355 g/mol. The highest BCUT2D eigenvalue weighted by Gasteiger charge is 2.22. The Labute approximate surface area is 140 Å². The molecule has 0 aliphatic carbocycles. The summed E-state index contributed by atoms with van der Waals surface area (Å²) in [7, 11) is 1.65. The molecule has 1 saturated heterocycles. The van der Waals surface area contributed by atoms with Crippen LogP contribution in [0.4, 0.5) is 0 Å². The third kappa shape index (κ3) is 5.10. The molecule has 0 spiro atoms. The molecule has 0 saturated carbocycles. The number of piperazine rings is 1. The second-order valence-electron chi connectivity index (χ2n) is 4.56. The van der Waals surface area contributed by atoms with Crippen molar-refractivity contribution in [2.75, 3.05) is 39.8 Å². The van der Waals surface area contributed by atoms with Crippen LogP contribution in [-0.2, 0) is 4.79 Å². The lowest BCUT2D eigenvalue weighted by Crippen LogP contribution is -2.49. The Morgan fingerprint density at radius 3 is 2.52 bits per heavy atom. The van der Waals surface area contributed by atoms with E-state index in [9.17, 15) is 9.59 Å². The first-order valence-electron chi connectivity index (χ1n) is 6.23. The standard InChI is InChI=1S/C12H18N4O2S.2ClH/c1-9-11(19-8-14-9)12(18)15(2)7-10(17)16-5-3-13-4-6-16;;/h8,13H,3-7H2,1-2H3;2*1H. The van der Waals surface area contributed by atoms with Crippen LogP contribution in [0, 0.1) is 6.92 Å². The van der Waals surface area contributed by atoms with Gasteiger partial charge in [-0.25, -0.2) is 4.98 Å². The number of hydrogen-bond acceptors (Lipinski definition) is 5. The van der Waals surface area contributed by atoms with Crippen LogP contribution in [0.3, 0.4) is 0 Å². The van der Waals surface area contributed by atoms with Crippen molar-refractivity contribution in [3.63, 3.8) is 0 Å². The minimum atomic E-state index is -0.136. The minimum Gasteiger partial charge on any atom is -0.339 e. The molecule has 0 unspecified atom stereocenters. The lowest BCUT2D eigenvalue weighted by molar-refractivity contribution is -0.132. The van der Waals surface area contributed by atoms with E-state index in [1.807, 2.05) is 0 Å². The Balaban J connectivity index is 0.00000200. The van der Waals surface area contributed by atoms with Gasteiger partial charge >= 0.3 is 0 Å². The number of likely N-dealkylation sites (N-methyl/N-ethyl adjacent to an activating group) is 1. The Kier molecular flexibility index (Phi) is 8.80. The highest BCUT2D eigenvalue weighted by molar-refractivity contribution is 7.11. The Morgan fingerprint density at radius 2 is 2.00 bits per heavy atom. The summed E-state index contributed by atoms with van der Waals surface area (Å²) >= 11 is 1.31. The molecule has 0 bridgehead atoms. The van der Waals surface area contributed by atoms with E-state index in [0.717, 1.165) is 18.8 Å². The van der Waals surface area contributed by atoms with Crippen molar-refractivity contribution in [2.24, 2.45) is 0 Å². The number of carbonyl (C=O) groups is 2. The molecule has 1 aromatic heterocycles. The van der Waals surface area contributed by atoms with Gasteiger partial charge in [0.15, 0.2) is 0 Å². The van der Waals surface area contributed by atoms with E-state index in [-0.39, 0.29) is 43.2 Å². The molecular weight excluding hydrogens is 335 g/mol. The maximum absolute atomic E-state index is 12.2. The van der Waals surface area contributed by atoms with Gasteiger partial charge in [-0.15, -0.1) is 36.2 Å². The van der Waals surface area contributed by atoms with Gasteiger partial charge in [-0.2, -0.15) is 0 Å². The van der Waals surface area contributed by atoms with Gasteiger partial charge in [0.05, 0.1) is 17.7 Å². The second kappa shape index (κ2) is 9.19. The molecule has 1 N–H and O–H groups in total. The Bertz CT molecular complexity index is 478. The SMILES string of the molecule is Cc1ncsc1C(=O)N(C)CC(=O)N1CCNCC1.Cl.Cl. The summed E-state index contributed by atoms with van der Waals surface area (Å²) in [4.78, 5) is 32.1. The lowest BCUT2D eigenvalue weighted by Gasteiger charge is -2.29. The normalized spacial score (nSPS) is 13.9. The van der Waals surface area contributed by atoms with Gasteiger partial charge in [-0.3, -0.25) is 9.59 Å². The monoisotopic (exact) mass is 354 g/mol. The van der Waals surface area contributed by atoms with E-state index in [2.05, 4.69) is 10.3 Å². The van der Waals surface area contributed by atoms with Crippen LogP contribution < -0.4 is 5.32 Å². The van der Waals surface area contributed by atoms with Crippen molar-refractivity contribution in [3.8, 4) is 0 Å². The Hall–Kier alpha value is -0.890. The fraction of sp³-hybridized carbons (Fsp3) is 0.583. The van der Waals surface area contributed by atoms with Gasteiger partial charge in [-0.05, 0) is 6.92 Å². The number of nitrogens with one attached hydrogen (secondary N) is 1. The van der Waals surface area contributed by atoms with Gasteiger partial charge < -0.3 is 15.1 Å². The van der Waals surface area contributed by atoms with E-state index in [0.29, 0.717) is 18.0 Å². The third-order valence-corrected chi connectivity index (χ3v) is 4.05. The highest BCUT2D eigenvalue weighted by atomic mass is 35.5. The molecule has 1 aromatic rings. The van der Waals surface area contributed by atoms with Crippen LogP contribution in [0.25, 0.3) is 0 Å². The average Bonchev–Trinajstić information content (AvgIpc) is 2.85. The Morgan fingerprint density at radius 1 is 1.38 bits per heavy atom. The first-order chi connectivity index (χ1) is 9.09. The number of thiazole rings is 1. The molecule has 0 aromatic carbocycles. The molecule has 0 radical (unpaired) electrons. The second-order valence-corrected chi connectivity index (χ2v) is 5.41. The molecule has 1 aliphatic rings. The van der Waals surface area contributed by atoms with E-state index in [1.165, 1.54) is 16.2 Å².